The molecule has 0 bridgehead atoms. The SMILES string of the molecule is CCC(=O)NCC1CN(CCCc2ccccc2)C(C(F)F)C1O. The lowest BCUT2D eigenvalue weighted by atomic mass is 10.0. The molecule has 1 fully saturated rings. The van der Waals surface area contributed by atoms with E-state index in [0.717, 1.165) is 12.8 Å². The van der Waals surface area contributed by atoms with Crippen molar-refractivity contribution in [3.05, 3.63) is 35.9 Å². The van der Waals surface area contributed by atoms with Crippen molar-refractivity contribution in [2.45, 2.75) is 44.8 Å². The lowest BCUT2D eigenvalue weighted by Gasteiger charge is -2.25. The molecule has 4 nitrogen and oxygen atoms in total. The van der Waals surface area contributed by atoms with Crippen LogP contribution in [0.15, 0.2) is 30.3 Å². The summed E-state index contributed by atoms with van der Waals surface area (Å²) in [5, 5.41) is 12.9. The van der Waals surface area contributed by atoms with E-state index in [1.54, 1.807) is 11.8 Å². The molecular formula is C18H26F2N2O2. The van der Waals surface area contributed by atoms with Crippen LogP contribution >= 0.6 is 0 Å². The minimum Gasteiger partial charge on any atom is -0.391 e. The summed E-state index contributed by atoms with van der Waals surface area (Å²) in [5.74, 6) is -0.477. The van der Waals surface area contributed by atoms with Crippen molar-refractivity contribution in [2.24, 2.45) is 5.92 Å². The van der Waals surface area contributed by atoms with E-state index >= 15 is 0 Å². The van der Waals surface area contributed by atoms with Gasteiger partial charge in [-0.05, 0) is 24.9 Å². The average molecular weight is 340 g/mol. The van der Waals surface area contributed by atoms with Crippen LogP contribution in [0.5, 0.6) is 0 Å². The number of halogens is 2. The largest absolute Gasteiger partial charge is 0.391 e. The third-order valence-electron chi connectivity index (χ3n) is 4.62. The Morgan fingerprint density at radius 2 is 2.08 bits per heavy atom. The van der Waals surface area contributed by atoms with E-state index in [1.165, 1.54) is 5.56 Å². The summed E-state index contributed by atoms with van der Waals surface area (Å²) in [6.07, 6.45) is -1.78. The number of alkyl halides is 2. The molecular weight excluding hydrogens is 314 g/mol. The third kappa shape index (κ3) is 4.98. The number of aryl methyl sites for hydroxylation is 1. The molecule has 2 N–H and O–H groups in total. The average Bonchev–Trinajstić information content (AvgIpc) is 2.89. The Morgan fingerprint density at radius 3 is 2.71 bits per heavy atom. The Kier molecular flexibility index (Phi) is 7.12. The van der Waals surface area contributed by atoms with Gasteiger partial charge in [0.2, 0.25) is 5.91 Å². The fourth-order valence-corrected chi connectivity index (χ4v) is 3.26. The fourth-order valence-electron chi connectivity index (χ4n) is 3.26. The predicted molar refractivity (Wildman–Crippen MR) is 88.9 cm³/mol. The van der Waals surface area contributed by atoms with Gasteiger partial charge >= 0.3 is 0 Å². The number of carbonyl (C=O) groups is 1. The number of aliphatic hydroxyl groups excluding tert-OH is 1. The number of benzene rings is 1. The van der Waals surface area contributed by atoms with Crippen LogP contribution in [0, 0.1) is 5.92 Å². The van der Waals surface area contributed by atoms with E-state index in [9.17, 15) is 18.7 Å². The maximum absolute atomic E-state index is 13.3. The monoisotopic (exact) mass is 340 g/mol. The Balaban J connectivity index is 1.88. The molecule has 3 unspecified atom stereocenters. The van der Waals surface area contributed by atoms with Crippen LogP contribution in [0.3, 0.4) is 0 Å². The number of aliphatic hydroxyl groups is 1. The van der Waals surface area contributed by atoms with Crippen molar-refractivity contribution >= 4 is 5.91 Å². The molecule has 0 radical (unpaired) electrons. The molecule has 1 aromatic rings. The Morgan fingerprint density at radius 1 is 1.38 bits per heavy atom. The lowest BCUT2D eigenvalue weighted by molar-refractivity contribution is -0.121. The van der Waals surface area contributed by atoms with Crippen LogP contribution in [0.2, 0.25) is 0 Å². The zero-order valence-corrected chi connectivity index (χ0v) is 14.0. The predicted octanol–water partition coefficient (Wildman–Crippen LogP) is 2.07. The lowest BCUT2D eigenvalue weighted by Crippen LogP contribution is -2.42. The van der Waals surface area contributed by atoms with E-state index in [1.807, 2.05) is 30.3 Å². The van der Waals surface area contributed by atoms with Gasteiger partial charge in [-0.1, -0.05) is 37.3 Å². The van der Waals surface area contributed by atoms with Gasteiger partial charge in [0.1, 0.15) is 0 Å². The van der Waals surface area contributed by atoms with E-state index in [0.29, 0.717) is 19.5 Å². The molecule has 1 heterocycles. The van der Waals surface area contributed by atoms with Crippen LogP contribution in [0.25, 0.3) is 0 Å². The molecule has 24 heavy (non-hydrogen) atoms. The summed E-state index contributed by atoms with van der Waals surface area (Å²) in [6, 6.07) is 8.76. The molecule has 0 spiro atoms. The van der Waals surface area contributed by atoms with Crippen molar-refractivity contribution in [3.8, 4) is 0 Å². The van der Waals surface area contributed by atoms with Crippen molar-refractivity contribution in [1.29, 1.82) is 0 Å². The molecule has 1 aromatic carbocycles. The Hall–Kier alpha value is -1.53. The number of carbonyl (C=O) groups excluding carboxylic acids is 1. The smallest absolute Gasteiger partial charge is 0.256 e. The standard InChI is InChI=1S/C18H26F2N2O2/c1-2-15(23)21-11-14-12-22(16(17(14)24)18(19)20)10-6-9-13-7-4-3-5-8-13/h3-5,7-8,14,16-18,24H,2,6,9-12H2,1H3,(H,21,23). The molecule has 2 rings (SSSR count). The number of likely N-dealkylation sites (tertiary alicyclic amines) is 1. The molecule has 0 aromatic heterocycles. The molecule has 1 aliphatic rings. The fraction of sp³-hybridized carbons (Fsp3) is 0.611. The van der Waals surface area contributed by atoms with Crippen molar-refractivity contribution in [1.82, 2.24) is 10.2 Å². The summed E-state index contributed by atoms with van der Waals surface area (Å²) in [4.78, 5) is 13.0. The van der Waals surface area contributed by atoms with Gasteiger partial charge in [0, 0.05) is 25.4 Å². The second kappa shape index (κ2) is 9.08. The molecule has 6 heteroatoms. The number of hydrogen-bond donors (Lipinski definition) is 2. The second-order valence-electron chi connectivity index (χ2n) is 6.32. The summed E-state index contributed by atoms with van der Waals surface area (Å²) in [7, 11) is 0. The van der Waals surface area contributed by atoms with Gasteiger partial charge in [0.15, 0.2) is 0 Å². The highest BCUT2D eigenvalue weighted by atomic mass is 19.3. The molecule has 1 saturated heterocycles. The topological polar surface area (TPSA) is 52.6 Å². The normalized spacial score (nSPS) is 24.5. The Bertz CT molecular complexity index is 513. The minimum atomic E-state index is -2.59. The third-order valence-corrected chi connectivity index (χ3v) is 4.62. The van der Waals surface area contributed by atoms with Crippen LogP contribution in [0.4, 0.5) is 8.78 Å². The molecule has 1 amide bonds. The first-order valence-electron chi connectivity index (χ1n) is 8.53. The first-order chi connectivity index (χ1) is 11.5. The van der Waals surface area contributed by atoms with E-state index in [-0.39, 0.29) is 18.4 Å². The van der Waals surface area contributed by atoms with Crippen LogP contribution in [0.1, 0.15) is 25.3 Å². The summed E-state index contributed by atoms with van der Waals surface area (Å²) in [6.45, 7) is 2.87. The van der Waals surface area contributed by atoms with Gasteiger partial charge in [0.05, 0.1) is 12.1 Å². The number of hydrogen-bond acceptors (Lipinski definition) is 3. The van der Waals surface area contributed by atoms with Crippen LogP contribution in [-0.4, -0.2) is 54.1 Å². The minimum absolute atomic E-state index is 0.127. The van der Waals surface area contributed by atoms with Gasteiger partial charge < -0.3 is 10.4 Å². The number of nitrogens with zero attached hydrogens (tertiary/aromatic N) is 1. The van der Waals surface area contributed by atoms with Crippen molar-refractivity contribution in [2.75, 3.05) is 19.6 Å². The molecule has 134 valence electrons. The summed E-state index contributed by atoms with van der Waals surface area (Å²) in [5.41, 5.74) is 1.18. The van der Waals surface area contributed by atoms with Gasteiger partial charge in [-0.25, -0.2) is 8.78 Å². The number of rotatable bonds is 8. The quantitative estimate of drug-likeness (QED) is 0.762. The van der Waals surface area contributed by atoms with Gasteiger partial charge in [-0.3, -0.25) is 9.69 Å². The molecule has 1 aliphatic heterocycles. The highest BCUT2D eigenvalue weighted by molar-refractivity contribution is 5.75. The zero-order chi connectivity index (χ0) is 17.5. The van der Waals surface area contributed by atoms with Gasteiger partial charge in [0.25, 0.3) is 6.43 Å². The summed E-state index contributed by atoms with van der Waals surface area (Å²) < 4.78 is 26.7. The van der Waals surface area contributed by atoms with Gasteiger partial charge in [-0.2, -0.15) is 0 Å². The van der Waals surface area contributed by atoms with Crippen LogP contribution < -0.4 is 5.32 Å². The van der Waals surface area contributed by atoms with Crippen molar-refractivity contribution in [3.63, 3.8) is 0 Å². The van der Waals surface area contributed by atoms with Gasteiger partial charge in [-0.15, -0.1) is 0 Å². The first kappa shape index (κ1) is 18.8. The second-order valence-corrected chi connectivity index (χ2v) is 6.32. The van der Waals surface area contributed by atoms with E-state index in [2.05, 4.69) is 5.32 Å². The molecule has 0 saturated carbocycles. The molecule has 3 atom stereocenters. The highest BCUT2D eigenvalue weighted by Crippen LogP contribution is 2.28. The zero-order valence-electron chi connectivity index (χ0n) is 14.0. The van der Waals surface area contributed by atoms with E-state index < -0.39 is 18.6 Å². The first-order valence-corrected chi connectivity index (χ1v) is 8.53. The van der Waals surface area contributed by atoms with Crippen LogP contribution in [-0.2, 0) is 11.2 Å². The van der Waals surface area contributed by atoms with Crippen molar-refractivity contribution < 1.29 is 18.7 Å². The summed E-state index contributed by atoms with van der Waals surface area (Å²) >= 11 is 0. The number of nitrogens with one attached hydrogen (secondary N) is 1. The number of amides is 1. The Labute approximate surface area is 141 Å². The highest BCUT2D eigenvalue weighted by Gasteiger charge is 2.45. The molecule has 0 aliphatic carbocycles. The maximum Gasteiger partial charge on any atom is 0.256 e. The maximum atomic E-state index is 13.3. The van der Waals surface area contributed by atoms with E-state index in [4.69, 9.17) is 0 Å².